The summed E-state index contributed by atoms with van der Waals surface area (Å²) in [5.41, 5.74) is 7.12. The second-order valence-corrected chi connectivity index (χ2v) is 4.82. The van der Waals surface area contributed by atoms with E-state index in [1.807, 2.05) is 12.1 Å². The van der Waals surface area contributed by atoms with Crippen LogP contribution in [0.2, 0.25) is 0 Å². The zero-order valence-electron chi connectivity index (χ0n) is 10.5. The molecule has 1 aromatic heterocycles. The van der Waals surface area contributed by atoms with E-state index in [0.29, 0.717) is 5.69 Å². The summed E-state index contributed by atoms with van der Waals surface area (Å²) in [6, 6.07) is 3.78. The van der Waals surface area contributed by atoms with Crippen LogP contribution in [-0.4, -0.2) is 22.6 Å². The fraction of sp³-hybridized carbons (Fsp3) is 0.538. The molecule has 0 bridgehead atoms. The zero-order valence-corrected chi connectivity index (χ0v) is 10.5. The fourth-order valence-electron chi connectivity index (χ4n) is 2.41. The number of pyridine rings is 1. The monoisotopic (exact) mass is 248 g/mol. The van der Waals surface area contributed by atoms with Crippen molar-refractivity contribution >= 4 is 5.84 Å². The normalized spacial score (nSPS) is 17.2. The third-order valence-corrected chi connectivity index (χ3v) is 3.43. The molecular weight excluding hydrogens is 228 g/mol. The van der Waals surface area contributed by atoms with Crippen molar-refractivity contribution in [2.75, 3.05) is 6.54 Å². The second-order valence-electron chi connectivity index (χ2n) is 4.82. The van der Waals surface area contributed by atoms with Gasteiger partial charge in [-0.05, 0) is 43.0 Å². The number of nitrogens with one attached hydrogen (secondary N) is 1. The van der Waals surface area contributed by atoms with Crippen molar-refractivity contribution < 1.29 is 5.21 Å². The van der Waals surface area contributed by atoms with Crippen molar-refractivity contribution in [3.8, 4) is 0 Å². The van der Waals surface area contributed by atoms with E-state index in [0.717, 1.165) is 24.6 Å². The molecule has 1 aromatic rings. The molecule has 0 spiro atoms. The number of rotatable bonds is 5. The minimum Gasteiger partial charge on any atom is -0.409 e. The van der Waals surface area contributed by atoms with Crippen LogP contribution >= 0.6 is 0 Å². The molecular formula is C13H20N4O. The summed E-state index contributed by atoms with van der Waals surface area (Å²) in [6.45, 7) is 1.87. The predicted molar refractivity (Wildman–Crippen MR) is 70.4 cm³/mol. The molecule has 1 aliphatic rings. The van der Waals surface area contributed by atoms with E-state index in [1.165, 1.54) is 25.7 Å². The van der Waals surface area contributed by atoms with E-state index >= 15 is 0 Å². The highest BCUT2D eigenvalue weighted by molar-refractivity contribution is 5.95. The molecule has 1 heterocycles. The smallest absolute Gasteiger partial charge is 0.188 e. The molecule has 5 heteroatoms. The minimum absolute atomic E-state index is 0.0487. The second kappa shape index (κ2) is 6.35. The highest BCUT2D eigenvalue weighted by atomic mass is 16.4. The molecule has 0 aromatic carbocycles. The van der Waals surface area contributed by atoms with E-state index in [4.69, 9.17) is 10.9 Å². The number of hydrogen-bond acceptors (Lipinski definition) is 4. The Kier molecular flexibility index (Phi) is 4.52. The van der Waals surface area contributed by atoms with Crippen molar-refractivity contribution in [3.63, 3.8) is 0 Å². The van der Waals surface area contributed by atoms with E-state index in [1.54, 1.807) is 6.20 Å². The first kappa shape index (κ1) is 12.8. The highest BCUT2D eigenvalue weighted by Crippen LogP contribution is 2.23. The maximum atomic E-state index is 8.61. The standard InChI is InChI=1S/C13H20N4O/c14-13(17-18)12-7-11(5-6-16-12)9-15-8-10-3-1-2-4-10/h5-7,10,15,18H,1-4,8-9H2,(H2,14,17). The molecule has 1 saturated carbocycles. The Bertz CT molecular complexity index is 413. The maximum Gasteiger partial charge on any atom is 0.188 e. The van der Waals surface area contributed by atoms with Crippen molar-refractivity contribution in [1.29, 1.82) is 0 Å². The van der Waals surface area contributed by atoms with Gasteiger partial charge in [0.15, 0.2) is 5.84 Å². The molecule has 0 saturated heterocycles. The van der Waals surface area contributed by atoms with Crippen LogP contribution in [0.25, 0.3) is 0 Å². The number of oxime groups is 1. The Morgan fingerprint density at radius 2 is 2.28 bits per heavy atom. The fourth-order valence-corrected chi connectivity index (χ4v) is 2.41. The van der Waals surface area contributed by atoms with Gasteiger partial charge < -0.3 is 16.3 Å². The van der Waals surface area contributed by atoms with Crippen molar-refractivity contribution in [1.82, 2.24) is 10.3 Å². The first-order valence-electron chi connectivity index (χ1n) is 6.43. The van der Waals surface area contributed by atoms with Crippen LogP contribution in [0.5, 0.6) is 0 Å². The van der Waals surface area contributed by atoms with Gasteiger partial charge in [-0.3, -0.25) is 4.98 Å². The van der Waals surface area contributed by atoms with Gasteiger partial charge in [-0.25, -0.2) is 0 Å². The van der Waals surface area contributed by atoms with Crippen LogP contribution in [0.1, 0.15) is 36.9 Å². The first-order valence-corrected chi connectivity index (χ1v) is 6.43. The molecule has 0 unspecified atom stereocenters. The van der Waals surface area contributed by atoms with E-state index in [-0.39, 0.29) is 5.84 Å². The van der Waals surface area contributed by atoms with Crippen LogP contribution in [0.3, 0.4) is 0 Å². The van der Waals surface area contributed by atoms with Gasteiger partial charge in [-0.1, -0.05) is 18.0 Å². The third-order valence-electron chi connectivity index (χ3n) is 3.43. The molecule has 5 nitrogen and oxygen atoms in total. The average Bonchev–Trinajstić information content (AvgIpc) is 2.91. The summed E-state index contributed by atoms with van der Waals surface area (Å²) in [5, 5.41) is 15.0. The number of hydrogen-bond donors (Lipinski definition) is 3. The van der Waals surface area contributed by atoms with E-state index in [9.17, 15) is 0 Å². The molecule has 0 aliphatic heterocycles. The van der Waals surface area contributed by atoms with Gasteiger partial charge >= 0.3 is 0 Å². The van der Waals surface area contributed by atoms with Crippen LogP contribution < -0.4 is 11.1 Å². The van der Waals surface area contributed by atoms with Gasteiger partial charge in [0.25, 0.3) is 0 Å². The van der Waals surface area contributed by atoms with Crippen LogP contribution in [0.4, 0.5) is 0 Å². The lowest BCUT2D eigenvalue weighted by atomic mass is 10.1. The zero-order chi connectivity index (χ0) is 12.8. The van der Waals surface area contributed by atoms with Gasteiger partial charge in [-0.2, -0.15) is 0 Å². The van der Waals surface area contributed by atoms with Crippen LogP contribution in [0.15, 0.2) is 23.5 Å². The average molecular weight is 248 g/mol. The number of aromatic nitrogens is 1. The molecule has 18 heavy (non-hydrogen) atoms. The maximum absolute atomic E-state index is 8.61. The van der Waals surface area contributed by atoms with Crippen molar-refractivity contribution in [2.45, 2.75) is 32.2 Å². The summed E-state index contributed by atoms with van der Waals surface area (Å²) in [5.74, 6) is 0.878. The first-order chi connectivity index (χ1) is 8.79. The van der Waals surface area contributed by atoms with Gasteiger partial charge in [0.1, 0.15) is 5.69 Å². The minimum atomic E-state index is 0.0487. The largest absolute Gasteiger partial charge is 0.409 e. The lowest BCUT2D eigenvalue weighted by Crippen LogP contribution is -2.21. The molecule has 2 rings (SSSR count). The number of nitrogens with two attached hydrogens (primary N) is 1. The van der Waals surface area contributed by atoms with Crippen LogP contribution in [-0.2, 0) is 6.54 Å². The number of nitrogens with zero attached hydrogens (tertiary/aromatic N) is 2. The Morgan fingerprint density at radius 3 is 3.00 bits per heavy atom. The SMILES string of the molecule is N/C(=N\O)c1cc(CNCC2CCCC2)ccn1. The molecule has 4 N–H and O–H groups in total. The molecule has 0 atom stereocenters. The molecule has 0 radical (unpaired) electrons. The summed E-state index contributed by atoms with van der Waals surface area (Å²) >= 11 is 0. The Labute approximate surface area is 107 Å². The lowest BCUT2D eigenvalue weighted by molar-refractivity contribution is 0.318. The summed E-state index contributed by atoms with van der Waals surface area (Å²) < 4.78 is 0. The summed E-state index contributed by atoms with van der Waals surface area (Å²) in [6.07, 6.45) is 7.11. The molecule has 98 valence electrons. The molecule has 0 amide bonds. The molecule has 1 fully saturated rings. The molecule has 1 aliphatic carbocycles. The number of amidine groups is 1. The van der Waals surface area contributed by atoms with Gasteiger partial charge in [0.05, 0.1) is 0 Å². The predicted octanol–water partition coefficient (Wildman–Crippen LogP) is 1.46. The quantitative estimate of drug-likeness (QED) is 0.319. The highest BCUT2D eigenvalue weighted by Gasteiger charge is 2.13. The lowest BCUT2D eigenvalue weighted by Gasteiger charge is -2.10. The van der Waals surface area contributed by atoms with E-state index < -0.39 is 0 Å². The topological polar surface area (TPSA) is 83.5 Å². The third kappa shape index (κ3) is 3.43. The Hall–Kier alpha value is -1.62. The van der Waals surface area contributed by atoms with Crippen LogP contribution in [0, 0.1) is 5.92 Å². The summed E-state index contributed by atoms with van der Waals surface area (Å²) in [7, 11) is 0. The van der Waals surface area contributed by atoms with E-state index in [2.05, 4.69) is 15.5 Å². The van der Waals surface area contributed by atoms with Gasteiger partial charge in [-0.15, -0.1) is 0 Å². The Balaban J connectivity index is 1.85. The van der Waals surface area contributed by atoms with Crippen molar-refractivity contribution in [2.24, 2.45) is 16.8 Å². The summed E-state index contributed by atoms with van der Waals surface area (Å²) in [4.78, 5) is 4.05. The van der Waals surface area contributed by atoms with Gasteiger partial charge in [0, 0.05) is 12.7 Å². The van der Waals surface area contributed by atoms with Gasteiger partial charge in [0.2, 0.25) is 0 Å². The Morgan fingerprint density at radius 1 is 1.50 bits per heavy atom. The van der Waals surface area contributed by atoms with Crippen molar-refractivity contribution in [3.05, 3.63) is 29.6 Å².